The molecule has 0 bridgehead atoms. The second-order valence-corrected chi connectivity index (χ2v) is 5.37. The Kier molecular flexibility index (Phi) is 3.98. The summed E-state index contributed by atoms with van der Waals surface area (Å²) in [6.07, 6.45) is -1.19. The highest BCUT2D eigenvalue weighted by Gasteiger charge is 2.44. The lowest BCUT2D eigenvalue weighted by atomic mass is 9.74. The lowest BCUT2D eigenvalue weighted by molar-refractivity contribution is -0.186. The van der Waals surface area contributed by atoms with E-state index in [1.54, 1.807) is 0 Å². The number of hydrogen-bond acceptors (Lipinski definition) is 2. The van der Waals surface area contributed by atoms with Gasteiger partial charge in [0.2, 0.25) is 0 Å². The molecule has 0 amide bonds. The van der Waals surface area contributed by atoms with Gasteiger partial charge >= 0.3 is 6.18 Å². The van der Waals surface area contributed by atoms with E-state index in [-0.39, 0.29) is 30.7 Å². The third-order valence-electron chi connectivity index (χ3n) is 4.23. The zero-order chi connectivity index (χ0) is 12.5. The van der Waals surface area contributed by atoms with E-state index >= 15 is 0 Å². The van der Waals surface area contributed by atoms with Gasteiger partial charge in [0.05, 0.1) is 12.5 Å². The van der Waals surface area contributed by atoms with E-state index < -0.39 is 12.1 Å². The summed E-state index contributed by atoms with van der Waals surface area (Å²) in [6, 6.07) is -0.123. The smallest absolute Gasteiger partial charge is 0.381 e. The minimum atomic E-state index is -4.05. The molecule has 1 saturated heterocycles. The van der Waals surface area contributed by atoms with Crippen molar-refractivity contribution in [3.8, 4) is 0 Å². The average Bonchev–Trinajstić information content (AvgIpc) is 2.80. The normalized spacial score (nSPS) is 37.1. The molecule has 0 radical (unpaired) electrons. The minimum Gasteiger partial charge on any atom is -0.381 e. The molecule has 4 atom stereocenters. The van der Waals surface area contributed by atoms with Crippen molar-refractivity contribution in [2.24, 2.45) is 23.5 Å². The first-order chi connectivity index (χ1) is 7.98. The van der Waals surface area contributed by atoms with E-state index in [1.807, 2.05) is 0 Å². The van der Waals surface area contributed by atoms with Crippen molar-refractivity contribution >= 4 is 0 Å². The molecular formula is C12H20F3NO. The van der Waals surface area contributed by atoms with Gasteiger partial charge in [0, 0.05) is 12.6 Å². The Morgan fingerprint density at radius 1 is 1.12 bits per heavy atom. The molecule has 2 fully saturated rings. The Morgan fingerprint density at radius 2 is 1.88 bits per heavy atom. The van der Waals surface area contributed by atoms with Crippen molar-refractivity contribution < 1.29 is 17.9 Å². The summed E-state index contributed by atoms with van der Waals surface area (Å²) in [5.41, 5.74) is 6.11. The number of nitrogens with two attached hydrogens (primary N) is 1. The second kappa shape index (κ2) is 5.14. The first-order valence-corrected chi connectivity index (χ1v) is 6.38. The van der Waals surface area contributed by atoms with Gasteiger partial charge in [-0.3, -0.25) is 0 Å². The summed E-state index contributed by atoms with van der Waals surface area (Å²) in [5, 5.41) is 0. The molecule has 2 nitrogen and oxygen atoms in total. The van der Waals surface area contributed by atoms with Crippen LogP contribution in [0.2, 0.25) is 0 Å². The Morgan fingerprint density at radius 3 is 2.47 bits per heavy atom. The maximum absolute atomic E-state index is 12.7. The van der Waals surface area contributed by atoms with Gasteiger partial charge in [-0.15, -0.1) is 0 Å². The van der Waals surface area contributed by atoms with Gasteiger partial charge in [-0.1, -0.05) is 6.42 Å². The van der Waals surface area contributed by atoms with E-state index in [2.05, 4.69) is 0 Å². The SMILES string of the molecule is NC(C1CCOC1)C1CCCC(C(F)(F)F)C1. The van der Waals surface area contributed by atoms with E-state index in [9.17, 15) is 13.2 Å². The predicted octanol–water partition coefficient (Wildman–Crippen LogP) is 2.72. The molecule has 2 rings (SSSR count). The van der Waals surface area contributed by atoms with Crippen molar-refractivity contribution in [1.82, 2.24) is 0 Å². The first kappa shape index (κ1) is 13.1. The molecule has 1 aliphatic heterocycles. The molecule has 2 N–H and O–H groups in total. The van der Waals surface area contributed by atoms with Crippen molar-refractivity contribution in [2.75, 3.05) is 13.2 Å². The van der Waals surface area contributed by atoms with Gasteiger partial charge in [0.1, 0.15) is 0 Å². The van der Waals surface area contributed by atoms with Crippen molar-refractivity contribution in [2.45, 2.75) is 44.3 Å². The fourth-order valence-corrected chi connectivity index (χ4v) is 3.12. The van der Waals surface area contributed by atoms with Crippen molar-refractivity contribution in [3.05, 3.63) is 0 Å². The van der Waals surface area contributed by atoms with Gasteiger partial charge in [0.15, 0.2) is 0 Å². The Bertz CT molecular complexity index is 251. The van der Waals surface area contributed by atoms with Crippen LogP contribution in [-0.2, 0) is 4.74 Å². The molecular weight excluding hydrogens is 231 g/mol. The number of rotatable bonds is 2. The Labute approximate surface area is 99.7 Å². The monoisotopic (exact) mass is 251 g/mol. The van der Waals surface area contributed by atoms with Crippen LogP contribution in [0.5, 0.6) is 0 Å². The third-order valence-corrected chi connectivity index (χ3v) is 4.23. The Balaban J connectivity index is 1.92. The van der Waals surface area contributed by atoms with Crippen LogP contribution in [-0.4, -0.2) is 25.4 Å². The number of hydrogen-bond donors (Lipinski definition) is 1. The molecule has 1 aliphatic carbocycles. The molecule has 5 heteroatoms. The van der Waals surface area contributed by atoms with Crippen LogP contribution in [0.4, 0.5) is 13.2 Å². The topological polar surface area (TPSA) is 35.2 Å². The highest BCUT2D eigenvalue weighted by atomic mass is 19.4. The quantitative estimate of drug-likeness (QED) is 0.819. The largest absolute Gasteiger partial charge is 0.391 e. The molecule has 2 aliphatic rings. The van der Waals surface area contributed by atoms with Crippen molar-refractivity contribution in [3.63, 3.8) is 0 Å². The maximum Gasteiger partial charge on any atom is 0.391 e. The maximum atomic E-state index is 12.7. The van der Waals surface area contributed by atoms with Gasteiger partial charge in [-0.25, -0.2) is 0 Å². The Hall–Kier alpha value is -0.290. The molecule has 4 unspecified atom stereocenters. The zero-order valence-electron chi connectivity index (χ0n) is 9.88. The standard InChI is InChI=1S/C12H20F3NO/c13-12(14,15)10-3-1-2-8(6-10)11(16)9-4-5-17-7-9/h8-11H,1-7,16H2. The summed E-state index contributed by atoms with van der Waals surface area (Å²) < 4.78 is 43.3. The molecule has 1 heterocycles. The molecule has 0 aromatic rings. The molecule has 0 spiro atoms. The molecule has 1 saturated carbocycles. The molecule has 0 aromatic carbocycles. The fraction of sp³-hybridized carbons (Fsp3) is 1.00. The van der Waals surface area contributed by atoms with Crippen LogP contribution in [0.3, 0.4) is 0 Å². The van der Waals surface area contributed by atoms with Crippen LogP contribution in [0.1, 0.15) is 32.1 Å². The van der Waals surface area contributed by atoms with Gasteiger partial charge in [-0.05, 0) is 37.5 Å². The van der Waals surface area contributed by atoms with Crippen LogP contribution < -0.4 is 5.73 Å². The minimum absolute atomic E-state index is 0.0158. The highest BCUT2D eigenvalue weighted by Crippen LogP contribution is 2.42. The summed E-state index contributed by atoms with van der Waals surface area (Å²) >= 11 is 0. The van der Waals surface area contributed by atoms with E-state index in [4.69, 9.17) is 10.5 Å². The van der Waals surface area contributed by atoms with Gasteiger partial charge in [0.25, 0.3) is 0 Å². The lowest BCUT2D eigenvalue weighted by Crippen LogP contribution is -2.42. The first-order valence-electron chi connectivity index (χ1n) is 6.38. The van der Waals surface area contributed by atoms with Crippen LogP contribution >= 0.6 is 0 Å². The van der Waals surface area contributed by atoms with Gasteiger partial charge < -0.3 is 10.5 Å². The predicted molar refractivity (Wildman–Crippen MR) is 58.4 cm³/mol. The number of ether oxygens (including phenoxy) is 1. The molecule has 100 valence electrons. The number of halogens is 3. The molecule has 17 heavy (non-hydrogen) atoms. The highest BCUT2D eigenvalue weighted by molar-refractivity contribution is 4.88. The summed E-state index contributed by atoms with van der Waals surface area (Å²) in [4.78, 5) is 0. The van der Waals surface area contributed by atoms with Crippen LogP contribution in [0, 0.1) is 17.8 Å². The van der Waals surface area contributed by atoms with Crippen LogP contribution in [0.15, 0.2) is 0 Å². The summed E-state index contributed by atoms with van der Waals surface area (Å²) in [5.74, 6) is -0.872. The number of alkyl halides is 3. The second-order valence-electron chi connectivity index (χ2n) is 5.37. The lowest BCUT2D eigenvalue weighted by Gasteiger charge is -2.35. The summed E-state index contributed by atoms with van der Waals surface area (Å²) in [6.45, 7) is 1.32. The zero-order valence-corrected chi connectivity index (χ0v) is 9.88. The fourth-order valence-electron chi connectivity index (χ4n) is 3.12. The van der Waals surface area contributed by atoms with Crippen molar-refractivity contribution in [1.29, 1.82) is 0 Å². The van der Waals surface area contributed by atoms with Crippen LogP contribution in [0.25, 0.3) is 0 Å². The van der Waals surface area contributed by atoms with E-state index in [0.29, 0.717) is 19.6 Å². The third kappa shape index (κ3) is 3.13. The van der Waals surface area contributed by atoms with E-state index in [1.165, 1.54) is 0 Å². The molecule has 0 aromatic heterocycles. The average molecular weight is 251 g/mol. The van der Waals surface area contributed by atoms with E-state index in [0.717, 1.165) is 12.8 Å². The van der Waals surface area contributed by atoms with Gasteiger partial charge in [-0.2, -0.15) is 13.2 Å². The summed E-state index contributed by atoms with van der Waals surface area (Å²) in [7, 11) is 0.